The average Bonchev–Trinajstić information content (AvgIpc) is 2.53. The molecule has 0 heteroatoms. The van der Waals surface area contributed by atoms with E-state index in [1.54, 1.807) is 19.3 Å². The molecule has 0 aromatic carbocycles. The number of hydrogen-bond acceptors (Lipinski definition) is 0. The van der Waals surface area contributed by atoms with E-state index in [0.29, 0.717) is 0 Å². The molecule has 2 aliphatic carbocycles. The van der Waals surface area contributed by atoms with Crippen molar-refractivity contribution in [1.29, 1.82) is 0 Å². The van der Waals surface area contributed by atoms with Gasteiger partial charge < -0.3 is 0 Å². The topological polar surface area (TPSA) is 0 Å². The molecule has 0 aromatic heterocycles. The molecule has 0 saturated heterocycles. The standard InChI is InChI=1S/C21H40/c1-19-15-17-21(18-16-19)14-8-5-3-2-4-7-11-20-12-9-6-10-13-20/h19-21H,2-18H2,1H3. The molecule has 0 spiro atoms. The van der Waals surface area contributed by atoms with Crippen LogP contribution in [0.3, 0.4) is 0 Å². The average molecular weight is 293 g/mol. The van der Waals surface area contributed by atoms with Gasteiger partial charge in [-0.3, -0.25) is 0 Å². The zero-order valence-electron chi connectivity index (χ0n) is 14.8. The third-order valence-corrected chi connectivity index (χ3v) is 6.33. The maximum Gasteiger partial charge on any atom is -0.0414 e. The van der Waals surface area contributed by atoms with Crippen LogP contribution in [-0.2, 0) is 0 Å². The quantitative estimate of drug-likeness (QED) is 0.386. The lowest BCUT2D eigenvalue weighted by Crippen LogP contribution is -2.12. The van der Waals surface area contributed by atoms with E-state index < -0.39 is 0 Å². The van der Waals surface area contributed by atoms with Gasteiger partial charge in [0.1, 0.15) is 0 Å². The van der Waals surface area contributed by atoms with Gasteiger partial charge in [-0.25, -0.2) is 0 Å². The Bertz CT molecular complexity index is 230. The minimum Gasteiger partial charge on any atom is -0.0625 e. The highest BCUT2D eigenvalue weighted by Crippen LogP contribution is 2.32. The van der Waals surface area contributed by atoms with Crippen LogP contribution < -0.4 is 0 Å². The second-order valence-electron chi connectivity index (χ2n) is 8.33. The van der Waals surface area contributed by atoms with E-state index in [1.165, 1.54) is 89.9 Å². The maximum atomic E-state index is 2.43. The van der Waals surface area contributed by atoms with Crippen molar-refractivity contribution in [1.82, 2.24) is 0 Å². The van der Waals surface area contributed by atoms with Crippen molar-refractivity contribution >= 4 is 0 Å². The fourth-order valence-corrected chi connectivity index (χ4v) is 4.67. The number of hydrogen-bond donors (Lipinski definition) is 0. The molecule has 0 N–H and O–H groups in total. The number of unbranched alkanes of at least 4 members (excludes halogenated alkanes) is 5. The van der Waals surface area contributed by atoms with Gasteiger partial charge in [0.05, 0.1) is 0 Å². The minimum absolute atomic E-state index is 1.02. The van der Waals surface area contributed by atoms with Gasteiger partial charge in [-0.1, -0.05) is 116 Å². The summed E-state index contributed by atoms with van der Waals surface area (Å²) in [5.74, 6) is 3.21. The van der Waals surface area contributed by atoms with E-state index in [2.05, 4.69) is 6.92 Å². The van der Waals surface area contributed by atoms with Crippen LogP contribution in [0.25, 0.3) is 0 Å². The monoisotopic (exact) mass is 292 g/mol. The van der Waals surface area contributed by atoms with Crippen molar-refractivity contribution in [3.63, 3.8) is 0 Å². The van der Waals surface area contributed by atoms with E-state index in [4.69, 9.17) is 0 Å². The van der Waals surface area contributed by atoms with Crippen LogP contribution >= 0.6 is 0 Å². The normalized spacial score (nSPS) is 27.9. The van der Waals surface area contributed by atoms with Gasteiger partial charge in [0.25, 0.3) is 0 Å². The molecule has 0 radical (unpaired) electrons. The molecule has 2 fully saturated rings. The van der Waals surface area contributed by atoms with Gasteiger partial charge in [0.15, 0.2) is 0 Å². The van der Waals surface area contributed by atoms with Crippen molar-refractivity contribution in [2.24, 2.45) is 17.8 Å². The lowest BCUT2D eigenvalue weighted by atomic mass is 9.80. The molecule has 2 rings (SSSR count). The maximum absolute atomic E-state index is 2.43. The van der Waals surface area contributed by atoms with E-state index in [-0.39, 0.29) is 0 Å². The minimum atomic E-state index is 1.02. The highest BCUT2D eigenvalue weighted by Gasteiger charge is 2.17. The Morgan fingerprint density at radius 2 is 1.00 bits per heavy atom. The molecular weight excluding hydrogens is 252 g/mol. The molecule has 21 heavy (non-hydrogen) atoms. The molecule has 0 bridgehead atoms. The van der Waals surface area contributed by atoms with Crippen molar-refractivity contribution in [2.75, 3.05) is 0 Å². The molecule has 0 nitrogen and oxygen atoms in total. The molecule has 0 amide bonds. The van der Waals surface area contributed by atoms with Crippen molar-refractivity contribution in [3.8, 4) is 0 Å². The van der Waals surface area contributed by atoms with Crippen LogP contribution in [-0.4, -0.2) is 0 Å². The third-order valence-electron chi connectivity index (χ3n) is 6.33. The summed E-state index contributed by atoms with van der Waals surface area (Å²) in [5, 5.41) is 0. The van der Waals surface area contributed by atoms with Crippen molar-refractivity contribution < 1.29 is 0 Å². The summed E-state index contributed by atoms with van der Waals surface area (Å²) < 4.78 is 0. The Balaban J connectivity index is 1.33. The summed E-state index contributed by atoms with van der Waals surface area (Å²) in [6.07, 6.45) is 25.9. The fourth-order valence-electron chi connectivity index (χ4n) is 4.67. The second kappa shape index (κ2) is 10.7. The number of rotatable bonds is 9. The Hall–Kier alpha value is 0. The van der Waals surface area contributed by atoms with E-state index in [9.17, 15) is 0 Å². The highest BCUT2D eigenvalue weighted by atomic mass is 14.2. The predicted molar refractivity (Wildman–Crippen MR) is 94.6 cm³/mol. The van der Waals surface area contributed by atoms with Gasteiger partial charge in [-0.2, -0.15) is 0 Å². The molecule has 2 aliphatic rings. The SMILES string of the molecule is CC1CCC(CCCCCCCCC2CCCCC2)CC1. The van der Waals surface area contributed by atoms with Crippen LogP contribution in [0.5, 0.6) is 0 Å². The van der Waals surface area contributed by atoms with Crippen LogP contribution in [0.2, 0.25) is 0 Å². The van der Waals surface area contributed by atoms with Gasteiger partial charge in [-0.05, 0) is 17.8 Å². The fraction of sp³-hybridized carbons (Fsp3) is 1.00. The van der Waals surface area contributed by atoms with Gasteiger partial charge in [0.2, 0.25) is 0 Å². The highest BCUT2D eigenvalue weighted by molar-refractivity contribution is 4.70. The van der Waals surface area contributed by atoms with Crippen LogP contribution in [0.15, 0.2) is 0 Å². The van der Waals surface area contributed by atoms with E-state index >= 15 is 0 Å². The molecule has 124 valence electrons. The lowest BCUT2D eigenvalue weighted by Gasteiger charge is -2.26. The first-order valence-electron chi connectivity index (χ1n) is 10.3. The molecular formula is C21H40. The summed E-state index contributed by atoms with van der Waals surface area (Å²) in [5.41, 5.74) is 0. The summed E-state index contributed by atoms with van der Waals surface area (Å²) in [4.78, 5) is 0. The molecule has 0 unspecified atom stereocenters. The summed E-state index contributed by atoms with van der Waals surface area (Å²) in [6, 6.07) is 0. The first kappa shape index (κ1) is 17.4. The van der Waals surface area contributed by atoms with Gasteiger partial charge >= 0.3 is 0 Å². The third kappa shape index (κ3) is 7.71. The Labute approximate surface area is 134 Å². The predicted octanol–water partition coefficient (Wildman–Crippen LogP) is 7.51. The van der Waals surface area contributed by atoms with Crippen LogP contribution in [0.4, 0.5) is 0 Å². The smallest absolute Gasteiger partial charge is 0.0414 e. The van der Waals surface area contributed by atoms with Gasteiger partial charge in [0, 0.05) is 0 Å². The molecule has 0 aromatic rings. The van der Waals surface area contributed by atoms with Crippen LogP contribution in [0.1, 0.15) is 116 Å². The zero-order valence-corrected chi connectivity index (χ0v) is 14.8. The lowest BCUT2D eigenvalue weighted by molar-refractivity contribution is 0.271. The van der Waals surface area contributed by atoms with Crippen LogP contribution in [0, 0.1) is 17.8 Å². The van der Waals surface area contributed by atoms with Crippen molar-refractivity contribution in [2.45, 2.75) is 116 Å². The van der Waals surface area contributed by atoms with E-state index in [1.807, 2.05) is 0 Å². The van der Waals surface area contributed by atoms with Gasteiger partial charge in [-0.15, -0.1) is 0 Å². The Morgan fingerprint density at radius 3 is 1.57 bits per heavy atom. The molecule has 2 saturated carbocycles. The molecule has 0 atom stereocenters. The van der Waals surface area contributed by atoms with Crippen molar-refractivity contribution in [3.05, 3.63) is 0 Å². The summed E-state index contributed by atoms with van der Waals surface area (Å²) >= 11 is 0. The first-order valence-corrected chi connectivity index (χ1v) is 10.3. The largest absolute Gasteiger partial charge is 0.0625 e. The molecule has 0 aliphatic heterocycles. The second-order valence-corrected chi connectivity index (χ2v) is 8.33. The summed E-state index contributed by atoms with van der Waals surface area (Å²) in [6.45, 7) is 2.43. The first-order chi connectivity index (χ1) is 10.3. The Kier molecular flexibility index (Phi) is 8.83. The zero-order chi connectivity index (χ0) is 14.8. The Morgan fingerprint density at radius 1 is 0.524 bits per heavy atom. The summed E-state index contributed by atoms with van der Waals surface area (Å²) in [7, 11) is 0. The molecule has 0 heterocycles. The van der Waals surface area contributed by atoms with E-state index in [0.717, 1.165) is 17.8 Å².